The van der Waals surface area contributed by atoms with Crippen LogP contribution in [0.15, 0.2) is 18.2 Å². The van der Waals surface area contributed by atoms with Gasteiger partial charge in [-0.15, -0.1) is 0 Å². The Morgan fingerprint density at radius 1 is 1.38 bits per heavy atom. The largest absolute Gasteiger partial charge is 0.369 e. The topological polar surface area (TPSA) is 95.2 Å². The summed E-state index contributed by atoms with van der Waals surface area (Å²) in [5.41, 5.74) is 7.25. The fraction of sp³-hybridized carbons (Fsp3) is 0.125. The number of aromatic amines is 1. The van der Waals surface area contributed by atoms with Crippen LogP contribution in [0.4, 0.5) is 5.95 Å². The van der Waals surface area contributed by atoms with E-state index in [-0.39, 0.29) is 0 Å². The van der Waals surface area contributed by atoms with Crippen molar-refractivity contribution in [2.75, 3.05) is 5.73 Å². The summed E-state index contributed by atoms with van der Waals surface area (Å²) in [5.74, 6) is 0.319. The van der Waals surface area contributed by atoms with Crippen LogP contribution in [0.1, 0.15) is 11.9 Å². The highest BCUT2D eigenvalue weighted by atomic mass is 16.5. The number of nitrogens with one attached hydrogen (secondary N) is 1. The first-order chi connectivity index (χ1) is 6.16. The van der Waals surface area contributed by atoms with Crippen molar-refractivity contribution in [2.45, 2.75) is 6.29 Å². The van der Waals surface area contributed by atoms with E-state index in [9.17, 15) is 0 Å². The van der Waals surface area contributed by atoms with Crippen molar-refractivity contribution < 1.29 is 10.2 Å². The predicted molar refractivity (Wildman–Crippen MR) is 47.7 cm³/mol. The van der Waals surface area contributed by atoms with Crippen molar-refractivity contribution in [3.8, 4) is 0 Å². The highest BCUT2D eigenvalue weighted by Crippen LogP contribution is 2.17. The standard InChI is InChI=1S/C8H9N3O2/c9-8-10-5-2-1-4(7(12)13)3-6(5)11-8/h1-3,7,12-13H,(H3,9,10,11). The second kappa shape index (κ2) is 2.72. The van der Waals surface area contributed by atoms with Gasteiger partial charge in [0.2, 0.25) is 0 Å². The van der Waals surface area contributed by atoms with Crippen LogP contribution >= 0.6 is 0 Å². The number of hydrogen-bond donors (Lipinski definition) is 4. The fourth-order valence-corrected chi connectivity index (χ4v) is 1.21. The number of aliphatic hydroxyl groups excluding tert-OH is 1. The third-order valence-corrected chi connectivity index (χ3v) is 1.82. The third kappa shape index (κ3) is 1.34. The van der Waals surface area contributed by atoms with Crippen molar-refractivity contribution in [3.63, 3.8) is 0 Å². The molecular weight excluding hydrogens is 170 g/mol. The molecule has 0 bridgehead atoms. The minimum Gasteiger partial charge on any atom is -0.369 e. The zero-order valence-electron chi connectivity index (χ0n) is 6.73. The molecule has 1 aromatic carbocycles. The lowest BCUT2D eigenvalue weighted by molar-refractivity contribution is -0.0423. The number of rotatable bonds is 1. The molecule has 0 aliphatic heterocycles. The molecule has 0 fully saturated rings. The Balaban J connectivity index is 2.61. The van der Waals surface area contributed by atoms with Crippen LogP contribution in [0.5, 0.6) is 0 Å². The zero-order chi connectivity index (χ0) is 9.42. The number of aromatic nitrogens is 2. The maximum absolute atomic E-state index is 8.88. The number of hydrogen-bond acceptors (Lipinski definition) is 4. The van der Waals surface area contributed by atoms with Crippen LogP contribution < -0.4 is 5.73 Å². The van der Waals surface area contributed by atoms with Crippen LogP contribution in [0, 0.1) is 0 Å². The number of H-pyrrole nitrogens is 1. The lowest BCUT2D eigenvalue weighted by atomic mass is 10.2. The highest BCUT2D eigenvalue weighted by molar-refractivity contribution is 5.77. The molecule has 0 saturated carbocycles. The molecule has 2 aromatic rings. The van der Waals surface area contributed by atoms with Gasteiger partial charge < -0.3 is 20.9 Å². The van der Waals surface area contributed by atoms with Gasteiger partial charge in [0.15, 0.2) is 12.2 Å². The number of nitrogens with zero attached hydrogens (tertiary/aromatic N) is 1. The Hall–Kier alpha value is -1.59. The Morgan fingerprint density at radius 2 is 2.15 bits per heavy atom. The summed E-state index contributed by atoms with van der Waals surface area (Å²) in [4.78, 5) is 6.77. The normalized spacial score (nSPS) is 11.3. The Kier molecular flexibility index (Phi) is 1.68. The molecule has 5 nitrogen and oxygen atoms in total. The first kappa shape index (κ1) is 8.03. The van der Waals surface area contributed by atoms with Crippen LogP contribution in [0.25, 0.3) is 11.0 Å². The molecule has 0 spiro atoms. The number of nitrogen functional groups attached to an aromatic ring is 1. The third-order valence-electron chi connectivity index (χ3n) is 1.82. The molecule has 2 rings (SSSR count). The summed E-state index contributed by atoms with van der Waals surface area (Å²) in [6.07, 6.45) is -1.46. The molecule has 0 saturated heterocycles. The number of imidazole rings is 1. The van der Waals surface area contributed by atoms with Gasteiger partial charge in [0.25, 0.3) is 0 Å². The van der Waals surface area contributed by atoms with E-state index < -0.39 is 6.29 Å². The van der Waals surface area contributed by atoms with E-state index in [1.54, 1.807) is 18.2 Å². The molecule has 0 aliphatic rings. The van der Waals surface area contributed by atoms with Gasteiger partial charge in [-0.3, -0.25) is 0 Å². The second-order valence-corrected chi connectivity index (χ2v) is 2.77. The first-order valence-corrected chi connectivity index (χ1v) is 3.78. The number of anilines is 1. The number of nitrogens with two attached hydrogens (primary N) is 1. The van der Waals surface area contributed by atoms with Crippen molar-refractivity contribution in [1.82, 2.24) is 9.97 Å². The van der Waals surface area contributed by atoms with Crippen LogP contribution in [0.3, 0.4) is 0 Å². The smallest absolute Gasteiger partial charge is 0.198 e. The van der Waals surface area contributed by atoms with Gasteiger partial charge in [-0.25, -0.2) is 4.98 Å². The van der Waals surface area contributed by atoms with Gasteiger partial charge in [0.1, 0.15) is 0 Å². The van der Waals surface area contributed by atoms with Gasteiger partial charge in [-0.05, 0) is 12.1 Å². The van der Waals surface area contributed by atoms with Crippen molar-refractivity contribution in [2.24, 2.45) is 0 Å². The Labute approximate surface area is 73.8 Å². The lowest BCUT2D eigenvalue weighted by Crippen LogP contribution is -1.93. The van der Waals surface area contributed by atoms with Crippen LogP contribution in [-0.2, 0) is 0 Å². The molecule has 0 unspecified atom stereocenters. The van der Waals surface area contributed by atoms with Gasteiger partial charge in [0.05, 0.1) is 11.0 Å². The van der Waals surface area contributed by atoms with Gasteiger partial charge in [0, 0.05) is 5.56 Å². The van der Waals surface area contributed by atoms with Crippen molar-refractivity contribution in [1.29, 1.82) is 0 Å². The van der Waals surface area contributed by atoms with E-state index >= 15 is 0 Å². The van der Waals surface area contributed by atoms with Crippen molar-refractivity contribution >= 4 is 17.0 Å². The molecule has 1 aromatic heterocycles. The fourth-order valence-electron chi connectivity index (χ4n) is 1.21. The first-order valence-electron chi connectivity index (χ1n) is 3.78. The zero-order valence-corrected chi connectivity index (χ0v) is 6.73. The quantitative estimate of drug-likeness (QED) is 0.468. The minimum absolute atomic E-state index is 0.319. The van der Waals surface area contributed by atoms with Crippen LogP contribution in [0.2, 0.25) is 0 Å². The number of fused-ring (bicyclic) bond motifs is 1. The summed E-state index contributed by atoms with van der Waals surface area (Å²) >= 11 is 0. The molecule has 68 valence electrons. The van der Waals surface area contributed by atoms with E-state index in [2.05, 4.69) is 9.97 Å². The average Bonchev–Trinajstić information content (AvgIpc) is 2.42. The summed E-state index contributed by atoms with van der Waals surface area (Å²) < 4.78 is 0. The minimum atomic E-state index is -1.46. The average molecular weight is 179 g/mol. The van der Waals surface area contributed by atoms with Gasteiger partial charge >= 0.3 is 0 Å². The number of aliphatic hydroxyl groups is 2. The number of benzene rings is 1. The van der Waals surface area contributed by atoms with E-state index in [4.69, 9.17) is 15.9 Å². The molecule has 0 atom stereocenters. The molecule has 0 radical (unpaired) electrons. The Morgan fingerprint density at radius 3 is 2.85 bits per heavy atom. The maximum atomic E-state index is 8.88. The lowest BCUT2D eigenvalue weighted by Gasteiger charge is -2.01. The van der Waals surface area contributed by atoms with Gasteiger partial charge in [-0.2, -0.15) is 0 Å². The molecule has 5 heteroatoms. The van der Waals surface area contributed by atoms with Crippen molar-refractivity contribution in [3.05, 3.63) is 23.8 Å². The summed E-state index contributed by atoms with van der Waals surface area (Å²) in [6, 6.07) is 4.87. The van der Waals surface area contributed by atoms with E-state index in [1.807, 2.05) is 0 Å². The summed E-state index contributed by atoms with van der Waals surface area (Å²) in [7, 11) is 0. The molecule has 1 heterocycles. The predicted octanol–water partition coefficient (Wildman–Crippen LogP) is 0.128. The van der Waals surface area contributed by atoms with E-state index in [1.165, 1.54) is 0 Å². The molecule has 13 heavy (non-hydrogen) atoms. The monoisotopic (exact) mass is 179 g/mol. The maximum Gasteiger partial charge on any atom is 0.198 e. The summed E-state index contributed by atoms with van der Waals surface area (Å²) in [6.45, 7) is 0. The van der Waals surface area contributed by atoms with Gasteiger partial charge in [-0.1, -0.05) is 6.07 Å². The SMILES string of the molecule is Nc1nc2ccc(C(O)O)cc2[nH]1. The molecular formula is C8H9N3O2. The van der Waals surface area contributed by atoms with E-state index in [0.29, 0.717) is 22.5 Å². The van der Waals surface area contributed by atoms with Crippen LogP contribution in [-0.4, -0.2) is 20.2 Å². The highest BCUT2D eigenvalue weighted by Gasteiger charge is 2.05. The molecule has 0 aliphatic carbocycles. The van der Waals surface area contributed by atoms with E-state index in [0.717, 1.165) is 0 Å². The Bertz CT molecular complexity index is 436. The second-order valence-electron chi connectivity index (χ2n) is 2.77. The molecule has 5 N–H and O–H groups in total. The molecule has 0 amide bonds. The summed E-state index contributed by atoms with van der Waals surface area (Å²) in [5, 5.41) is 17.8.